The number of carbonyl (C=O) groups excluding carboxylic acids is 1. The van der Waals surface area contributed by atoms with E-state index in [1.54, 1.807) is 17.4 Å². The Bertz CT molecular complexity index is 652. The molecule has 1 fully saturated rings. The summed E-state index contributed by atoms with van der Waals surface area (Å²) in [5, 5.41) is 1.96. The number of halogens is 2. The van der Waals surface area contributed by atoms with Crippen molar-refractivity contribution in [3.8, 4) is 0 Å². The van der Waals surface area contributed by atoms with Gasteiger partial charge >= 0.3 is 0 Å². The summed E-state index contributed by atoms with van der Waals surface area (Å²) in [6.07, 6.45) is 0.433. The highest BCUT2D eigenvalue weighted by Gasteiger charge is 2.22. The third-order valence-corrected chi connectivity index (χ3v) is 4.68. The molecule has 1 amide bonds. The third kappa shape index (κ3) is 3.27. The Labute approximate surface area is 131 Å². The number of hydrogen-bond acceptors (Lipinski definition) is 3. The lowest BCUT2D eigenvalue weighted by Crippen LogP contribution is -2.49. The molecule has 0 spiro atoms. The molecule has 1 saturated heterocycles. The molecule has 1 aliphatic heterocycles. The molecular weight excluding hydrogens is 306 g/mol. The zero-order chi connectivity index (χ0) is 15.5. The van der Waals surface area contributed by atoms with Crippen molar-refractivity contribution in [3.05, 3.63) is 52.2 Å². The lowest BCUT2D eigenvalue weighted by Gasteiger charge is -2.36. The molecule has 2 heterocycles. The van der Waals surface area contributed by atoms with Crippen LogP contribution in [0.5, 0.6) is 0 Å². The average Bonchev–Trinajstić information content (AvgIpc) is 3.03. The van der Waals surface area contributed by atoms with E-state index in [4.69, 9.17) is 0 Å². The summed E-state index contributed by atoms with van der Waals surface area (Å²) in [5.41, 5.74) is 0.657. The van der Waals surface area contributed by atoms with Gasteiger partial charge in [-0.3, -0.25) is 4.79 Å². The molecule has 3 nitrogen and oxygen atoms in total. The largest absolute Gasteiger partial charge is 0.368 e. The first kappa shape index (κ1) is 15.0. The third-order valence-electron chi connectivity index (χ3n) is 3.81. The average molecular weight is 322 g/mol. The van der Waals surface area contributed by atoms with Crippen LogP contribution in [0.2, 0.25) is 0 Å². The second-order valence-corrected chi connectivity index (χ2v) is 6.25. The number of rotatable bonds is 3. The Balaban J connectivity index is 1.57. The maximum Gasteiger partial charge on any atom is 0.227 e. The molecule has 2 aromatic rings. The molecule has 0 unspecified atom stereocenters. The number of benzene rings is 1. The molecule has 3 rings (SSSR count). The Kier molecular flexibility index (Phi) is 4.38. The first-order valence-electron chi connectivity index (χ1n) is 7.13. The van der Waals surface area contributed by atoms with E-state index in [2.05, 4.69) is 0 Å². The summed E-state index contributed by atoms with van der Waals surface area (Å²) in [6, 6.07) is 7.81. The first-order chi connectivity index (χ1) is 10.6. The molecule has 0 N–H and O–H groups in total. The van der Waals surface area contributed by atoms with Crippen molar-refractivity contribution in [2.24, 2.45) is 0 Å². The molecule has 116 valence electrons. The summed E-state index contributed by atoms with van der Waals surface area (Å²) >= 11 is 1.58. The van der Waals surface area contributed by atoms with Gasteiger partial charge in [-0.25, -0.2) is 8.78 Å². The van der Waals surface area contributed by atoms with Crippen molar-refractivity contribution in [1.29, 1.82) is 0 Å². The van der Waals surface area contributed by atoms with Crippen LogP contribution in [-0.4, -0.2) is 37.0 Å². The van der Waals surface area contributed by atoms with Crippen LogP contribution in [0.25, 0.3) is 0 Å². The molecule has 0 aliphatic carbocycles. The quantitative estimate of drug-likeness (QED) is 0.867. The van der Waals surface area contributed by atoms with E-state index in [0.717, 1.165) is 10.9 Å². The molecule has 1 aromatic heterocycles. The van der Waals surface area contributed by atoms with Gasteiger partial charge in [0.15, 0.2) is 11.6 Å². The van der Waals surface area contributed by atoms with E-state index < -0.39 is 11.6 Å². The van der Waals surface area contributed by atoms with Crippen molar-refractivity contribution in [2.75, 3.05) is 31.1 Å². The van der Waals surface area contributed by atoms with Crippen molar-refractivity contribution < 1.29 is 13.6 Å². The number of amides is 1. The van der Waals surface area contributed by atoms with E-state index in [9.17, 15) is 13.6 Å². The Morgan fingerprint density at radius 2 is 1.86 bits per heavy atom. The standard InChI is InChI=1S/C16H16F2N2OS/c17-14-4-3-12(10-15(14)18)19-5-7-20(8-6-19)16(21)11-13-2-1-9-22-13/h1-4,9-10H,5-8,11H2. The summed E-state index contributed by atoms with van der Waals surface area (Å²) in [6.45, 7) is 2.45. The maximum absolute atomic E-state index is 13.3. The minimum atomic E-state index is -0.839. The van der Waals surface area contributed by atoms with Gasteiger partial charge in [0.1, 0.15) is 0 Å². The predicted octanol–water partition coefficient (Wildman–Crippen LogP) is 2.92. The van der Waals surface area contributed by atoms with Gasteiger partial charge in [0, 0.05) is 42.8 Å². The minimum absolute atomic E-state index is 0.118. The topological polar surface area (TPSA) is 23.6 Å². The van der Waals surface area contributed by atoms with Crippen LogP contribution < -0.4 is 4.90 Å². The van der Waals surface area contributed by atoms with Gasteiger partial charge in [-0.05, 0) is 23.6 Å². The second-order valence-electron chi connectivity index (χ2n) is 5.22. The zero-order valence-electron chi connectivity index (χ0n) is 12.0. The van der Waals surface area contributed by atoms with Crippen molar-refractivity contribution >= 4 is 22.9 Å². The molecule has 22 heavy (non-hydrogen) atoms. The number of thiophene rings is 1. The Morgan fingerprint density at radius 1 is 1.09 bits per heavy atom. The second kappa shape index (κ2) is 6.44. The summed E-state index contributed by atoms with van der Waals surface area (Å²) < 4.78 is 26.3. The smallest absolute Gasteiger partial charge is 0.227 e. The van der Waals surface area contributed by atoms with E-state index in [1.165, 1.54) is 6.07 Å². The summed E-state index contributed by atoms with van der Waals surface area (Å²) in [4.78, 5) is 17.1. The zero-order valence-corrected chi connectivity index (χ0v) is 12.8. The van der Waals surface area contributed by atoms with Crippen LogP contribution in [0.4, 0.5) is 14.5 Å². The Morgan fingerprint density at radius 3 is 2.50 bits per heavy atom. The highest BCUT2D eigenvalue weighted by atomic mass is 32.1. The van der Waals surface area contributed by atoms with Crippen LogP contribution in [0.15, 0.2) is 35.7 Å². The van der Waals surface area contributed by atoms with Gasteiger partial charge in [0.2, 0.25) is 5.91 Å². The molecule has 1 aliphatic rings. The molecule has 0 atom stereocenters. The molecule has 0 saturated carbocycles. The fraction of sp³-hybridized carbons (Fsp3) is 0.312. The number of nitrogens with zero attached hydrogens (tertiary/aromatic N) is 2. The van der Waals surface area contributed by atoms with E-state index in [-0.39, 0.29) is 5.91 Å². The first-order valence-corrected chi connectivity index (χ1v) is 8.01. The van der Waals surface area contributed by atoms with Gasteiger partial charge in [0.25, 0.3) is 0 Å². The highest BCUT2D eigenvalue weighted by Crippen LogP contribution is 2.20. The van der Waals surface area contributed by atoms with Gasteiger partial charge in [-0.2, -0.15) is 0 Å². The van der Waals surface area contributed by atoms with Crippen LogP contribution >= 0.6 is 11.3 Å². The molecule has 6 heteroatoms. The normalized spacial score (nSPS) is 15.2. The van der Waals surface area contributed by atoms with E-state index in [1.807, 2.05) is 27.3 Å². The number of carbonyl (C=O) groups is 1. The van der Waals surface area contributed by atoms with Gasteiger partial charge < -0.3 is 9.80 Å². The minimum Gasteiger partial charge on any atom is -0.368 e. The molecule has 0 bridgehead atoms. The lowest BCUT2D eigenvalue weighted by molar-refractivity contribution is -0.130. The molecular formula is C16H16F2N2OS. The fourth-order valence-corrected chi connectivity index (χ4v) is 3.27. The SMILES string of the molecule is O=C(Cc1cccs1)N1CCN(c2ccc(F)c(F)c2)CC1. The fourth-order valence-electron chi connectivity index (χ4n) is 2.57. The van der Waals surface area contributed by atoms with Gasteiger partial charge in [-0.15, -0.1) is 11.3 Å². The van der Waals surface area contributed by atoms with Crippen LogP contribution in [0.3, 0.4) is 0 Å². The monoisotopic (exact) mass is 322 g/mol. The molecule has 0 radical (unpaired) electrons. The number of piperazine rings is 1. The van der Waals surface area contributed by atoms with E-state index in [0.29, 0.717) is 38.3 Å². The van der Waals surface area contributed by atoms with Crippen LogP contribution in [0.1, 0.15) is 4.88 Å². The van der Waals surface area contributed by atoms with Crippen molar-refractivity contribution in [2.45, 2.75) is 6.42 Å². The number of anilines is 1. The summed E-state index contributed by atoms with van der Waals surface area (Å²) in [5.74, 6) is -1.56. The van der Waals surface area contributed by atoms with Crippen LogP contribution in [0, 0.1) is 11.6 Å². The summed E-state index contributed by atoms with van der Waals surface area (Å²) in [7, 11) is 0. The van der Waals surface area contributed by atoms with Crippen molar-refractivity contribution in [1.82, 2.24) is 4.90 Å². The lowest BCUT2D eigenvalue weighted by atomic mass is 10.2. The predicted molar refractivity (Wildman–Crippen MR) is 83.2 cm³/mol. The van der Waals surface area contributed by atoms with E-state index >= 15 is 0 Å². The highest BCUT2D eigenvalue weighted by molar-refractivity contribution is 7.10. The van der Waals surface area contributed by atoms with Gasteiger partial charge in [-0.1, -0.05) is 6.07 Å². The number of hydrogen-bond donors (Lipinski definition) is 0. The Hall–Kier alpha value is -1.95. The van der Waals surface area contributed by atoms with Crippen molar-refractivity contribution in [3.63, 3.8) is 0 Å². The molecule has 1 aromatic carbocycles. The van der Waals surface area contributed by atoms with Gasteiger partial charge in [0.05, 0.1) is 6.42 Å². The van der Waals surface area contributed by atoms with Crippen LogP contribution in [-0.2, 0) is 11.2 Å². The maximum atomic E-state index is 13.3.